The van der Waals surface area contributed by atoms with Gasteiger partial charge in [-0.2, -0.15) is 8.42 Å². The van der Waals surface area contributed by atoms with Crippen molar-refractivity contribution in [3.05, 3.63) is 71.3 Å². The molecule has 12 heteroatoms. The average molecular weight is 626 g/mol. The molecule has 1 aliphatic rings. The van der Waals surface area contributed by atoms with Crippen LogP contribution in [0.2, 0.25) is 0 Å². The van der Waals surface area contributed by atoms with Crippen molar-refractivity contribution >= 4 is 50.5 Å². The predicted molar refractivity (Wildman–Crippen MR) is 170 cm³/mol. The van der Waals surface area contributed by atoms with Gasteiger partial charge in [-0.15, -0.1) is 0 Å². The molecule has 2 aromatic carbocycles. The Labute approximate surface area is 258 Å². The summed E-state index contributed by atoms with van der Waals surface area (Å²) in [5.41, 5.74) is 4.45. The Morgan fingerprint density at radius 3 is 2.09 bits per heavy atom. The first-order valence-electron chi connectivity index (χ1n) is 15.0. The number of benzene rings is 2. The Morgan fingerprint density at radius 1 is 0.886 bits per heavy atom. The maximum Gasteiger partial charge on any atom is 0.338 e. The van der Waals surface area contributed by atoms with Gasteiger partial charge < -0.3 is 19.3 Å². The average Bonchev–Trinajstić information content (AvgIpc) is 3.46. The van der Waals surface area contributed by atoms with E-state index in [2.05, 4.69) is 28.2 Å². The zero-order chi connectivity index (χ0) is 32.0. The molecule has 4 rings (SSSR count). The number of fused-ring (bicyclic) bond motifs is 2. The summed E-state index contributed by atoms with van der Waals surface area (Å²) in [4.78, 5) is 29.3. The summed E-state index contributed by atoms with van der Waals surface area (Å²) < 4.78 is 46.8. The SMILES string of the molecule is CCOC(=O)c1ccc2c(c1)N(CC)/C(=C/C=Cc1n(CCCS(=O)(=O)O)c3cc(C(=O)OCC)ccc3[n+]1CC)N2CC. The van der Waals surface area contributed by atoms with Gasteiger partial charge in [-0.05, 0) is 71.0 Å². The van der Waals surface area contributed by atoms with Crippen LogP contribution in [-0.4, -0.2) is 61.5 Å². The molecule has 0 aliphatic carbocycles. The molecule has 0 unspecified atom stereocenters. The number of esters is 2. The number of anilines is 2. The highest BCUT2D eigenvalue weighted by Crippen LogP contribution is 2.42. The number of imidazole rings is 1. The van der Waals surface area contributed by atoms with Crippen molar-refractivity contribution < 1.29 is 36.6 Å². The molecule has 0 radical (unpaired) electrons. The molecule has 2 heterocycles. The van der Waals surface area contributed by atoms with Crippen molar-refractivity contribution in [2.24, 2.45) is 0 Å². The topological polar surface area (TPSA) is 122 Å². The molecule has 0 saturated heterocycles. The number of rotatable bonds is 13. The van der Waals surface area contributed by atoms with Gasteiger partial charge in [-0.3, -0.25) is 4.55 Å². The van der Waals surface area contributed by atoms with Crippen LogP contribution in [0.3, 0.4) is 0 Å². The first-order chi connectivity index (χ1) is 21.1. The number of aromatic nitrogens is 2. The number of aryl methyl sites for hydroxylation is 2. The number of allylic oxidation sites excluding steroid dienone is 2. The third kappa shape index (κ3) is 6.81. The lowest BCUT2D eigenvalue weighted by Crippen LogP contribution is -2.35. The number of hydrogen-bond donors (Lipinski definition) is 1. The molecule has 0 spiro atoms. The Kier molecular flexibility index (Phi) is 10.5. The fourth-order valence-corrected chi connectivity index (χ4v) is 6.11. The fraction of sp³-hybridized carbons (Fsp3) is 0.406. The van der Waals surface area contributed by atoms with Gasteiger partial charge in [0, 0.05) is 31.7 Å². The van der Waals surface area contributed by atoms with E-state index in [0.717, 1.165) is 34.1 Å². The molecular formula is C32H41N4O7S+. The van der Waals surface area contributed by atoms with Crippen LogP contribution in [0.15, 0.2) is 54.4 Å². The van der Waals surface area contributed by atoms with Crippen LogP contribution >= 0.6 is 0 Å². The van der Waals surface area contributed by atoms with E-state index in [-0.39, 0.29) is 24.7 Å². The quantitative estimate of drug-likeness (QED) is 0.162. The standard InChI is InChI=1S/C32H40N4O7S/c1-6-33-25-17-15-23(31(37)42-9-4)21-27(25)35(8-3)29(33)13-11-14-30-34(7-2)26-18-16-24(32(38)43-10-5)22-28(26)36(30)19-12-20-44(39,40)41/h11,13-18,21-22H,6-10,12,19-20H2,1-5H3/p+1. The first kappa shape index (κ1) is 32.7. The molecule has 0 bridgehead atoms. The summed E-state index contributed by atoms with van der Waals surface area (Å²) in [5, 5.41) is 0. The van der Waals surface area contributed by atoms with Crippen molar-refractivity contribution in [3.8, 4) is 0 Å². The van der Waals surface area contributed by atoms with Crippen molar-refractivity contribution in [3.63, 3.8) is 0 Å². The molecule has 1 aromatic heterocycles. The Hall–Kier alpha value is -4.16. The maximum absolute atomic E-state index is 12.5. The summed E-state index contributed by atoms with van der Waals surface area (Å²) in [6.45, 7) is 12.5. The molecule has 0 fully saturated rings. The number of carbonyl (C=O) groups is 2. The van der Waals surface area contributed by atoms with Crippen molar-refractivity contribution in [1.82, 2.24) is 4.57 Å². The summed E-state index contributed by atoms with van der Waals surface area (Å²) in [6.07, 6.45) is 6.11. The van der Waals surface area contributed by atoms with Crippen LogP contribution in [0.25, 0.3) is 17.1 Å². The zero-order valence-corrected chi connectivity index (χ0v) is 26.8. The Morgan fingerprint density at radius 2 is 1.50 bits per heavy atom. The normalized spacial score (nSPS) is 14.2. The zero-order valence-electron chi connectivity index (χ0n) is 25.9. The summed E-state index contributed by atoms with van der Waals surface area (Å²) in [6, 6.07) is 10.9. The molecule has 236 valence electrons. The van der Waals surface area contributed by atoms with E-state index in [1.165, 1.54) is 0 Å². The molecule has 0 saturated carbocycles. The lowest BCUT2D eigenvalue weighted by atomic mass is 10.1. The minimum atomic E-state index is -4.13. The lowest BCUT2D eigenvalue weighted by Gasteiger charge is -2.23. The molecule has 1 aliphatic heterocycles. The number of hydrogen-bond acceptors (Lipinski definition) is 8. The van der Waals surface area contributed by atoms with Gasteiger partial charge in [0.1, 0.15) is 5.82 Å². The van der Waals surface area contributed by atoms with Crippen molar-refractivity contribution in [1.29, 1.82) is 0 Å². The smallest absolute Gasteiger partial charge is 0.338 e. The fourth-order valence-electron chi connectivity index (χ4n) is 5.62. The second-order valence-electron chi connectivity index (χ2n) is 10.1. The first-order valence-corrected chi connectivity index (χ1v) is 16.6. The van der Waals surface area contributed by atoms with E-state index in [9.17, 15) is 22.6 Å². The number of carbonyl (C=O) groups excluding carboxylic acids is 2. The van der Waals surface area contributed by atoms with Gasteiger partial charge in [-0.1, -0.05) is 6.08 Å². The van der Waals surface area contributed by atoms with Gasteiger partial charge in [0.05, 0.1) is 54.6 Å². The van der Waals surface area contributed by atoms with Crippen LogP contribution in [0, 0.1) is 0 Å². The van der Waals surface area contributed by atoms with E-state index in [1.54, 1.807) is 32.0 Å². The molecule has 0 amide bonds. The molecule has 3 aromatic rings. The van der Waals surface area contributed by atoms with E-state index < -0.39 is 16.1 Å². The molecular weight excluding hydrogens is 584 g/mol. The second-order valence-corrected chi connectivity index (χ2v) is 11.7. The number of ether oxygens (including phenoxy) is 2. The molecule has 1 N–H and O–H groups in total. The number of nitrogens with zero attached hydrogens (tertiary/aromatic N) is 4. The predicted octanol–water partition coefficient (Wildman–Crippen LogP) is 4.80. The third-order valence-corrected chi connectivity index (χ3v) is 8.27. The van der Waals surface area contributed by atoms with E-state index in [0.29, 0.717) is 43.9 Å². The highest BCUT2D eigenvalue weighted by Gasteiger charge is 2.30. The van der Waals surface area contributed by atoms with Gasteiger partial charge in [0.2, 0.25) is 0 Å². The van der Waals surface area contributed by atoms with Crippen molar-refractivity contribution in [2.45, 2.75) is 54.1 Å². The maximum atomic E-state index is 12.5. The van der Waals surface area contributed by atoms with Gasteiger partial charge in [0.25, 0.3) is 15.9 Å². The minimum absolute atomic E-state index is 0.184. The summed E-state index contributed by atoms with van der Waals surface area (Å²) in [5.74, 6) is 0.581. The summed E-state index contributed by atoms with van der Waals surface area (Å²) >= 11 is 0. The van der Waals surface area contributed by atoms with E-state index in [4.69, 9.17) is 9.47 Å². The molecule has 44 heavy (non-hydrogen) atoms. The molecule has 0 atom stereocenters. The Balaban J connectivity index is 1.78. The van der Waals surface area contributed by atoms with Crippen LogP contribution in [0.4, 0.5) is 11.4 Å². The van der Waals surface area contributed by atoms with Crippen LogP contribution in [0.1, 0.15) is 67.6 Å². The second kappa shape index (κ2) is 14.1. The van der Waals surface area contributed by atoms with E-state index >= 15 is 0 Å². The Bertz CT molecular complexity index is 1710. The minimum Gasteiger partial charge on any atom is -0.462 e. The van der Waals surface area contributed by atoms with Crippen LogP contribution in [-0.2, 0) is 32.7 Å². The molecule has 11 nitrogen and oxygen atoms in total. The highest BCUT2D eigenvalue weighted by atomic mass is 32.2. The van der Waals surface area contributed by atoms with Crippen LogP contribution < -0.4 is 14.4 Å². The van der Waals surface area contributed by atoms with Crippen LogP contribution in [0.5, 0.6) is 0 Å². The van der Waals surface area contributed by atoms with Gasteiger partial charge in [0.15, 0.2) is 11.0 Å². The summed E-state index contributed by atoms with van der Waals surface area (Å²) in [7, 11) is -4.13. The lowest BCUT2D eigenvalue weighted by molar-refractivity contribution is -0.670. The monoisotopic (exact) mass is 625 g/mol. The third-order valence-electron chi connectivity index (χ3n) is 7.47. The van der Waals surface area contributed by atoms with Gasteiger partial charge in [-0.25, -0.2) is 18.7 Å². The largest absolute Gasteiger partial charge is 0.462 e. The van der Waals surface area contributed by atoms with Gasteiger partial charge >= 0.3 is 11.9 Å². The van der Waals surface area contributed by atoms with Crippen molar-refractivity contribution in [2.75, 3.05) is 41.9 Å². The highest BCUT2D eigenvalue weighted by molar-refractivity contribution is 7.85. The van der Waals surface area contributed by atoms with E-state index in [1.807, 2.05) is 47.9 Å².